The second-order valence-corrected chi connectivity index (χ2v) is 5.90. The van der Waals surface area contributed by atoms with Gasteiger partial charge in [-0.3, -0.25) is 0 Å². The summed E-state index contributed by atoms with van der Waals surface area (Å²) in [5.74, 6) is -0.263. The maximum absolute atomic E-state index is 11.7. The predicted molar refractivity (Wildman–Crippen MR) is 81.1 cm³/mol. The van der Waals surface area contributed by atoms with E-state index in [0.29, 0.717) is 17.6 Å². The third-order valence-corrected chi connectivity index (χ3v) is 3.72. The molecule has 0 amide bonds. The highest BCUT2D eigenvalue weighted by Gasteiger charge is 2.25. The van der Waals surface area contributed by atoms with Gasteiger partial charge in [0.2, 0.25) is 0 Å². The zero-order valence-electron chi connectivity index (χ0n) is 12.7. The molecule has 1 aliphatic rings. The standard InChI is InChI=1S/C16H24N2O2/c1-11(2)20-16(19)13-5-7-14(8-6-13)17-15-9-12(3)18(4)10-15/h5-8,11-12,15,17H,9-10H2,1-4H3. The maximum Gasteiger partial charge on any atom is 0.338 e. The Bertz CT molecular complexity index is 446. The van der Waals surface area contributed by atoms with Crippen LogP contribution in [0.3, 0.4) is 0 Å². The van der Waals surface area contributed by atoms with Crippen LogP contribution in [0.25, 0.3) is 0 Å². The number of nitrogens with one attached hydrogen (secondary N) is 1. The lowest BCUT2D eigenvalue weighted by atomic mass is 10.1. The van der Waals surface area contributed by atoms with Crippen LogP contribution in [0.2, 0.25) is 0 Å². The van der Waals surface area contributed by atoms with Crippen molar-refractivity contribution in [2.24, 2.45) is 0 Å². The van der Waals surface area contributed by atoms with Crippen LogP contribution in [0.4, 0.5) is 5.69 Å². The van der Waals surface area contributed by atoms with E-state index >= 15 is 0 Å². The summed E-state index contributed by atoms with van der Waals surface area (Å²) in [6.07, 6.45) is 1.06. The number of likely N-dealkylation sites (tertiary alicyclic amines) is 1. The van der Waals surface area contributed by atoms with Gasteiger partial charge in [-0.05, 0) is 58.5 Å². The van der Waals surface area contributed by atoms with Crippen molar-refractivity contribution in [1.29, 1.82) is 0 Å². The number of benzene rings is 1. The number of anilines is 1. The summed E-state index contributed by atoms with van der Waals surface area (Å²) in [7, 11) is 2.15. The minimum atomic E-state index is -0.263. The predicted octanol–water partition coefficient (Wildman–Crippen LogP) is 2.76. The highest BCUT2D eigenvalue weighted by atomic mass is 16.5. The van der Waals surface area contributed by atoms with Gasteiger partial charge in [0.05, 0.1) is 11.7 Å². The van der Waals surface area contributed by atoms with Gasteiger partial charge < -0.3 is 15.0 Å². The molecule has 20 heavy (non-hydrogen) atoms. The van der Waals surface area contributed by atoms with Crippen LogP contribution in [0.5, 0.6) is 0 Å². The van der Waals surface area contributed by atoms with E-state index in [1.165, 1.54) is 0 Å². The first-order valence-corrected chi connectivity index (χ1v) is 7.23. The molecule has 2 unspecified atom stereocenters. The van der Waals surface area contributed by atoms with E-state index in [4.69, 9.17) is 4.74 Å². The molecule has 1 heterocycles. The summed E-state index contributed by atoms with van der Waals surface area (Å²) < 4.78 is 5.17. The minimum absolute atomic E-state index is 0.0872. The number of hydrogen-bond acceptors (Lipinski definition) is 4. The smallest absolute Gasteiger partial charge is 0.338 e. The fourth-order valence-electron chi connectivity index (χ4n) is 2.52. The van der Waals surface area contributed by atoms with Crippen LogP contribution < -0.4 is 5.32 Å². The van der Waals surface area contributed by atoms with Crippen LogP contribution in [-0.2, 0) is 4.74 Å². The molecule has 110 valence electrons. The molecule has 2 rings (SSSR count). The van der Waals surface area contributed by atoms with Crippen molar-refractivity contribution in [3.05, 3.63) is 29.8 Å². The van der Waals surface area contributed by atoms with Crippen molar-refractivity contribution in [1.82, 2.24) is 4.90 Å². The first-order chi connectivity index (χ1) is 9.45. The van der Waals surface area contributed by atoms with E-state index in [1.54, 1.807) is 0 Å². The van der Waals surface area contributed by atoms with Gasteiger partial charge in [-0.1, -0.05) is 0 Å². The molecule has 1 aromatic rings. The molecule has 1 N–H and O–H groups in total. The quantitative estimate of drug-likeness (QED) is 0.859. The Morgan fingerprint density at radius 2 is 2.00 bits per heavy atom. The maximum atomic E-state index is 11.7. The first-order valence-electron chi connectivity index (χ1n) is 7.23. The summed E-state index contributed by atoms with van der Waals surface area (Å²) in [6.45, 7) is 7.00. The summed E-state index contributed by atoms with van der Waals surface area (Å²) >= 11 is 0. The lowest BCUT2D eigenvalue weighted by molar-refractivity contribution is 0.0378. The number of nitrogens with zero attached hydrogens (tertiary/aromatic N) is 1. The molecule has 0 radical (unpaired) electrons. The van der Waals surface area contributed by atoms with E-state index in [9.17, 15) is 4.79 Å². The Balaban J connectivity index is 1.93. The molecule has 0 saturated carbocycles. The molecule has 1 fully saturated rings. The number of hydrogen-bond donors (Lipinski definition) is 1. The zero-order valence-corrected chi connectivity index (χ0v) is 12.7. The normalized spacial score (nSPS) is 23.1. The van der Waals surface area contributed by atoms with E-state index < -0.39 is 0 Å². The largest absolute Gasteiger partial charge is 0.459 e. The van der Waals surface area contributed by atoms with Crippen molar-refractivity contribution in [3.8, 4) is 0 Å². The van der Waals surface area contributed by atoms with Crippen molar-refractivity contribution in [3.63, 3.8) is 0 Å². The lowest BCUT2D eigenvalue weighted by Gasteiger charge is -2.14. The van der Waals surface area contributed by atoms with Crippen molar-refractivity contribution in [2.45, 2.75) is 45.4 Å². The van der Waals surface area contributed by atoms with E-state index in [-0.39, 0.29) is 12.1 Å². The molecule has 0 aliphatic carbocycles. The summed E-state index contributed by atoms with van der Waals surface area (Å²) in [5, 5.41) is 3.51. The molecule has 0 spiro atoms. The number of carbonyl (C=O) groups excluding carboxylic acids is 1. The van der Waals surface area contributed by atoms with Gasteiger partial charge >= 0.3 is 5.97 Å². The van der Waals surface area contributed by atoms with E-state index in [1.807, 2.05) is 38.1 Å². The third-order valence-electron chi connectivity index (χ3n) is 3.72. The van der Waals surface area contributed by atoms with Crippen LogP contribution in [0, 0.1) is 0 Å². The Labute approximate surface area is 121 Å². The molecule has 4 nitrogen and oxygen atoms in total. The van der Waals surface area contributed by atoms with Crippen LogP contribution in [-0.4, -0.2) is 42.6 Å². The summed E-state index contributed by atoms with van der Waals surface area (Å²) in [4.78, 5) is 14.1. The van der Waals surface area contributed by atoms with Gasteiger partial charge in [0.25, 0.3) is 0 Å². The Kier molecular flexibility index (Phi) is 4.65. The Morgan fingerprint density at radius 3 is 2.50 bits per heavy atom. The van der Waals surface area contributed by atoms with Gasteiger partial charge in [-0.15, -0.1) is 0 Å². The lowest BCUT2D eigenvalue weighted by Crippen LogP contribution is -2.24. The molecule has 2 atom stereocenters. The van der Waals surface area contributed by atoms with Gasteiger partial charge in [0.15, 0.2) is 0 Å². The van der Waals surface area contributed by atoms with Crippen molar-refractivity contribution in [2.75, 3.05) is 18.9 Å². The molecule has 0 aromatic heterocycles. The number of rotatable bonds is 4. The highest BCUT2D eigenvalue weighted by Crippen LogP contribution is 2.20. The monoisotopic (exact) mass is 276 g/mol. The average molecular weight is 276 g/mol. The fourth-order valence-corrected chi connectivity index (χ4v) is 2.52. The third kappa shape index (κ3) is 3.73. The molecule has 1 aromatic carbocycles. The van der Waals surface area contributed by atoms with Crippen LogP contribution in [0.1, 0.15) is 37.6 Å². The van der Waals surface area contributed by atoms with E-state index in [0.717, 1.165) is 18.7 Å². The summed E-state index contributed by atoms with van der Waals surface area (Å²) in [6, 6.07) is 8.61. The highest BCUT2D eigenvalue weighted by molar-refractivity contribution is 5.89. The molecule has 0 bridgehead atoms. The van der Waals surface area contributed by atoms with Gasteiger partial charge in [-0.25, -0.2) is 4.79 Å². The van der Waals surface area contributed by atoms with Gasteiger partial charge in [-0.2, -0.15) is 0 Å². The molecule has 1 saturated heterocycles. The van der Waals surface area contributed by atoms with Crippen molar-refractivity contribution < 1.29 is 9.53 Å². The van der Waals surface area contributed by atoms with Crippen LogP contribution in [0.15, 0.2) is 24.3 Å². The number of ether oxygens (including phenoxy) is 1. The minimum Gasteiger partial charge on any atom is -0.459 e. The van der Waals surface area contributed by atoms with Gasteiger partial charge in [0.1, 0.15) is 0 Å². The molecule has 1 aliphatic heterocycles. The van der Waals surface area contributed by atoms with Crippen molar-refractivity contribution >= 4 is 11.7 Å². The Morgan fingerprint density at radius 1 is 1.35 bits per heavy atom. The second-order valence-electron chi connectivity index (χ2n) is 5.90. The SMILES string of the molecule is CC(C)OC(=O)c1ccc(NC2CC(C)N(C)C2)cc1. The molecular formula is C16H24N2O2. The summed E-state index contributed by atoms with van der Waals surface area (Å²) in [5.41, 5.74) is 1.65. The number of likely N-dealkylation sites (N-methyl/N-ethyl adjacent to an activating group) is 1. The molecular weight excluding hydrogens is 252 g/mol. The topological polar surface area (TPSA) is 41.6 Å². The second kappa shape index (κ2) is 6.27. The number of esters is 1. The number of carbonyl (C=O) groups is 1. The van der Waals surface area contributed by atoms with Crippen LogP contribution >= 0.6 is 0 Å². The van der Waals surface area contributed by atoms with Gasteiger partial charge in [0, 0.05) is 24.3 Å². The Hall–Kier alpha value is -1.55. The zero-order chi connectivity index (χ0) is 14.7. The first kappa shape index (κ1) is 14.9. The van der Waals surface area contributed by atoms with E-state index in [2.05, 4.69) is 24.2 Å². The fraction of sp³-hybridized carbons (Fsp3) is 0.562. The average Bonchev–Trinajstić information content (AvgIpc) is 2.68. The molecule has 4 heteroatoms.